The van der Waals surface area contributed by atoms with Gasteiger partial charge in [-0.15, -0.1) is 0 Å². The summed E-state index contributed by atoms with van der Waals surface area (Å²) in [5.74, 6) is -0.132. The Morgan fingerprint density at radius 1 is 1.12 bits per heavy atom. The van der Waals surface area contributed by atoms with E-state index in [0.29, 0.717) is 0 Å². The molecular formula is C24H27F3N4O. The van der Waals surface area contributed by atoms with Crippen molar-refractivity contribution in [2.75, 3.05) is 43.5 Å². The third-order valence-corrected chi connectivity index (χ3v) is 5.83. The molecule has 0 saturated carbocycles. The number of benzene rings is 2. The lowest BCUT2D eigenvalue weighted by Gasteiger charge is -2.31. The number of alkyl halides is 2. The molecule has 2 N–H and O–H groups in total. The van der Waals surface area contributed by atoms with Crippen molar-refractivity contribution in [1.82, 2.24) is 10.3 Å². The van der Waals surface area contributed by atoms with Crippen molar-refractivity contribution >= 4 is 22.3 Å². The van der Waals surface area contributed by atoms with Gasteiger partial charge in [0.1, 0.15) is 11.6 Å². The van der Waals surface area contributed by atoms with E-state index in [1.165, 1.54) is 12.1 Å². The second-order valence-electron chi connectivity index (χ2n) is 8.01. The van der Waals surface area contributed by atoms with Gasteiger partial charge in [-0.2, -0.15) is 0 Å². The summed E-state index contributed by atoms with van der Waals surface area (Å²) < 4.78 is 46.7. The second kappa shape index (κ2) is 9.24. The molecule has 2 aromatic carbocycles. The molecule has 1 saturated heterocycles. The van der Waals surface area contributed by atoms with E-state index in [2.05, 4.69) is 20.5 Å². The highest BCUT2D eigenvalue weighted by atomic mass is 19.3. The molecule has 32 heavy (non-hydrogen) atoms. The lowest BCUT2D eigenvalue weighted by Crippen LogP contribution is -2.43. The number of ether oxygens (including phenoxy) is 1. The highest BCUT2D eigenvalue weighted by Gasteiger charge is 2.21. The number of aromatic nitrogens is 1. The van der Waals surface area contributed by atoms with Crippen LogP contribution in [0.2, 0.25) is 0 Å². The fourth-order valence-electron chi connectivity index (χ4n) is 4.19. The minimum atomic E-state index is -2.86. The number of halogens is 3. The number of piperazine rings is 1. The normalized spacial score (nSPS) is 15.3. The van der Waals surface area contributed by atoms with Gasteiger partial charge in [-0.3, -0.25) is 4.98 Å². The van der Waals surface area contributed by atoms with Gasteiger partial charge in [-0.1, -0.05) is 18.2 Å². The number of methoxy groups -OCH3 is 1. The number of anilines is 2. The molecule has 1 fully saturated rings. The molecule has 0 bridgehead atoms. The summed E-state index contributed by atoms with van der Waals surface area (Å²) in [4.78, 5) is 6.90. The number of hydrogen-bond donors (Lipinski definition) is 2. The Bertz CT molecular complexity index is 1120. The first kappa shape index (κ1) is 22.2. The van der Waals surface area contributed by atoms with Crippen LogP contribution in [-0.2, 0) is 0 Å². The molecule has 8 heteroatoms. The van der Waals surface area contributed by atoms with Gasteiger partial charge in [-0.05, 0) is 26.0 Å². The second-order valence-corrected chi connectivity index (χ2v) is 8.01. The van der Waals surface area contributed by atoms with Crippen molar-refractivity contribution in [3.05, 3.63) is 59.0 Å². The largest absolute Gasteiger partial charge is 0.495 e. The third-order valence-electron chi connectivity index (χ3n) is 5.83. The Kier molecular flexibility index (Phi) is 6.41. The van der Waals surface area contributed by atoms with Crippen LogP contribution < -0.4 is 20.3 Å². The predicted octanol–water partition coefficient (Wildman–Crippen LogP) is 5.21. The van der Waals surface area contributed by atoms with Crippen LogP contribution in [0.1, 0.15) is 36.2 Å². The first-order valence-corrected chi connectivity index (χ1v) is 10.7. The lowest BCUT2D eigenvalue weighted by atomic mass is 10.0. The van der Waals surface area contributed by atoms with E-state index in [1.54, 1.807) is 14.0 Å². The number of aryl methyl sites for hydroxylation is 1. The van der Waals surface area contributed by atoms with Gasteiger partial charge in [0.15, 0.2) is 0 Å². The average molecular weight is 445 g/mol. The Hall–Kier alpha value is -3.00. The van der Waals surface area contributed by atoms with Crippen LogP contribution in [-0.4, -0.2) is 38.3 Å². The van der Waals surface area contributed by atoms with Gasteiger partial charge in [0.25, 0.3) is 6.43 Å². The molecule has 170 valence electrons. The lowest BCUT2D eigenvalue weighted by molar-refractivity contribution is 0.146. The average Bonchev–Trinajstić information content (AvgIpc) is 2.78. The molecule has 1 aliphatic heterocycles. The highest BCUT2D eigenvalue weighted by molar-refractivity contribution is 5.96. The minimum Gasteiger partial charge on any atom is -0.495 e. The summed E-state index contributed by atoms with van der Waals surface area (Å²) in [5, 5.41) is 7.53. The quantitative estimate of drug-likeness (QED) is 0.547. The number of fused-ring (bicyclic) bond motifs is 1. The van der Waals surface area contributed by atoms with Crippen molar-refractivity contribution < 1.29 is 17.9 Å². The maximum Gasteiger partial charge on any atom is 0.266 e. The van der Waals surface area contributed by atoms with Gasteiger partial charge >= 0.3 is 0 Å². The zero-order chi connectivity index (χ0) is 22.8. The summed E-state index contributed by atoms with van der Waals surface area (Å²) in [6.45, 7) is 7.11. The topological polar surface area (TPSA) is 49.4 Å². The van der Waals surface area contributed by atoms with Crippen molar-refractivity contribution in [2.45, 2.75) is 26.3 Å². The summed E-state index contributed by atoms with van der Waals surface area (Å²) in [6, 6.07) is 9.42. The van der Waals surface area contributed by atoms with Crippen LogP contribution >= 0.6 is 0 Å². The van der Waals surface area contributed by atoms with E-state index in [-0.39, 0.29) is 5.56 Å². The number of nitrogens with one attached hydrogen (secondary N) is 2. The third kappa shape index (κ3) is 4.32. The van der Waals surface area contributed by atoms with E-state index in [4.69, 9.17) is 4.74 Å². The zero-order valence-corrected chi connectivity index (χ0v) is 18.4. The fourth-order valence-corrected chi connectivity index (χ4v) is 4.19. The summed E-state index contributed by atoms with van der Waals surface area (Å²) in [6.07, 6.45) is -2.86. The van der Waals surface area contributed by atoms with Crippen molar-refractivity contribution in [3.8, 4) is 5.75 Å². The molecule has 0 spiro atoms. The van der Waals surface area contributed by atoms with Crippen LogP contribution in [0.25, 0.3) is 10.9 Å². The molecule has 0 unspecified atom stereocenters. The Labute approximate surface area is 185 Å². The Morgan fingerprint density at radius 2 is 1.84 bits per heavy atom. The van der Waals surface area contributed by atoms with E-state index in [0.717, 1.165) is 66.0 Å². The molecule has 4 rings (SSSR count). The number of rotatable bonds is 6. The number of hydrogen-bond acceptors (Lipinski definition) is 5. The summed E-state index contributed by atoms with van der Waals surface area (Å²) >= 11 is 0. The van der Waals surface area contributed by atoms with Gasteiger partial charge < -0.3 is 20.3 Å². The minimum absolute atomic E-state index is 0.196. The molecule has 0 aliphatic carbocycles. The van der Waals surface area contributed by atoms with Crippen LogP contribution in [0.4, 0.5) is 24.5 Å². The van der Waals surface area contributed by atoms with Crippen LogP contribution in [0.15, 0.2) is 36.4 Å². The Morgan fingerprint density at radius 3 is 2.53 bits per heavy atom. The van der Waals surface area contributed by atoms with Crippen LogP contribution in [0.3, 0.4) is 0 Å². The van der Waals surface area contributed by atoms with Crippen LogP contribution in [0, 0.1) is 12.7 Å². The molecular weight excluding hydrogens is 417 g/mol. The maximum atomic E-state index is 14.7. The van der Waals surface area contributed by atoms with E-state index < -0.39 is 23.8 Å². The van der Waals surface area contributed by atoms with Gasteiger partial charge in [0, 0.05) is 54.6 Å². The Balaban J connectivity index is 1.76. The zero-order valence-electron chi connectivity index (χ0n) is 18.4. The van der Waals surface area contributed by atoms with Crippen molar-refractivity contribution in [1.29, 1.82) is 0 Å². The fraction of sp³-hybridized carbons (Fsp3) is 0.375. The van der Waals surface area contributed by atoms with Crippen LogP contribution in [0.5, 0.6) is 5.75 Å². The monoisotopic (exact) mass is 444 g/mol. The molecule has 1 aromatic heterocycles. The van der Waals surface area contributed by atoms with Gasteiger partial charge in [0.05, 0.1) is 29.9 Å². The smallest absolute Gasteiger partial charge is 0.266 e. The molecule has 0 radical (unpaired) electrons. The molecule has 0 amide bonds. The van der Waals surface area contributed by atoms with Gasteiger partial charge in [0.2, 0.25) is 0 Å². The molecule has 1 atom stereocenters. The standard InChI is InChI=1S/C24H27F3N4O/c1-14-11-19(30-15(2)16-5-4-6-17(23(16)25)24(26)27)18-12-21(31-9-7-28-8-10-31)22(32-3)13-20(18)29-14/h4-6,11-13,15,24,28H,7-10H2,1-3H3,(H,29,30)/t15-/m1/s1. The van der Waals surface area contributed by atoms with E-state index >= 15 is 0 Å². The molecule has 3 aromatic rings. The van der Waals surface area contributed by atoms with E-state index in [1.807, 2.05) is 25.1 Å². The molecule has 5 nitrogen and oxygen atoms in total. The predicted molar refractivity (Wildman–Crippen MR) is 122 cm³/mol. The SMILES string of the molecule is COc1cc2nc(C)cc(N[C@H](C)c3cccc(C(F)F)c3F)c2cc1N1CCNCC1. The number of pyridine rings is 1. The number of nitrogens with zero attached hydrogens (tertiary/aromatic N) is 2. The summed E-state index contributed by atoms with van der Waals surface area (Å²) in [5.41, 5.74) is 2.87. The molecule has 2 heterocycles. The van der Waals surface area contributed by atoms with Crippen molar-refractivity contribution in [3.63, 3.8) is 0 Å². The van der Waals surface area contributed by atoms with Gasteiger partial charge in [-0.25, -0.2) is 13.2 Å². The highest BCUT2D eigenvalue weighted by Crippen LogP contribution is 2.37. The maximum absolute atomic E-state index is 14.7. The first-order valence-electron chi connectivity index (χ1n) is 10.7. The summed E-state index contributed by atoms with van der Waals surface area (Å²) in [7, 11) is 1.64. The van der Waals surface area contributed by atoms with Crippen molar-refractivity contribution in [2.24, 2.45) is 0 Å². The first-order chi connectivity index (χ1) is 15.4. The molecule has 1 aliphatic rings. The van der Waals surface area contributed by atoms with E-state index in [9.17, 15) is 13.2 Å².